The van der Waals surface area contributed by atoms with E-state index in [0.717, 1.165) is 5.56 Å². The maximum Gasteiger partial charge on any atom is 0.340 e. The second-order valence-electron chi connectivity index (χ2n) is 5.14. The van der Waals surface area contributed by atoms with Crippen molar-refractivity contribution in [3.05, 3.63) is 53.4 Å². The molecule has 0 aliphatic carbocycles. The Morgan fingerprint density at radius 2 is 1.84 bits per heavy atom. The Labute approximate surface area is 144 Å². The van der Waals surface area contributed by atoms with Crippen molar-refractivity contribution < 1.29 is 23.4 Å². The number of benzene rings is 2. The van der Waals surface area contributed by atoms with Crippen LogP contribution >= 0.6 is 0 Å². The van der Waals surface area contributed by atoms with E-state index in [4.69, 9.17) is 18.6 Å². The maximum absolute atomic E-state index is 11.8. The smallest absolute Gasteiger partial charge is 0.340 e. The number of carbonyl (C=O) groups excluding carboxylic acids is 1. The predicted molar refractivity (Wildman–Crippen MR) is 93.8 cm³/mol. The van der Waals surface area contributed by atoms with Gasteiger partial charge in [0, 0.05) is 6.08 Å². The van der Waals surface area contributed by atoms with E-state index in [1.807, 2.05) is 24.3 Å². The first-order valence-electron chi connectivity index (χ1n) is 7.54. The highest BCUT2D eigenvalue weighted by Gasteiger charge is 2.14. The fourth-order valence-electron chi connectivity index (χ4n) is 2.44. The number of esters is 1. The first-order chi connectivity index (χ1) is 12.2. The number of oxazole rings is 1. The van der Waals surface area contributed by atoms with E-state index in [1.54, 1.807) is 38.5 Å². The quantitative estimate of drug-likeness (QED) is 0.659. The van der Waals surface area contributed by atoms with Crippen LogP contribution in [0.5, 0.6) is 11.5 Å². The minimum absolute atomic E-state index is 0.370. The van der Waals surface area contributed by atoms with E-state index >= 15 is 0 Å². The molecule has 128 valence electrons. The molecule has 25 heavy (non-hydrogen) atoms. The van der Waals surface area contributed by atoms with Gasteiger partial charge in [0.1, 0.15) is 5.52 Å². The Morgan fingerprint density at radius 1 is 1.04 bits per heavy atom. The Bertz CT molecular complexity index is 942. The van der Waals surface area contributed by atoms with E-state index in [1.165, 1.54) is 7.11 Å². The summed E-state index contributed by atoms with van der Waals surface area (Å²) < 4.78 is 20.9. The minimum atomic E-state index is -0.450. The van der Waals surface area contributed by atoms with Gasteiger partial charge in [-0.05, 0) is 35.9 Å². The molecule has 6 heteroatoms. The van der Waals surface area contributed by atoms with Crippen LogP contribution in [0.3, 0.4) is 0 Å². The molecule has 3 aromatic rings. The molecule has 0 amide bonds. The van der Waals surface area contributed by atoms with Crippen LogP contribution in [-0.2, 0) is 4.74 Å². The maximum atomic E-state index is 11.8. The lowest BCUT2D eigenvalue weighted by Crippen LogP contribution is -2.01. The molecule has 6 nitrogen and oxygen atoms in total. The van der Waals surface area contributed by atoms with E-state index in [9.17, 15) is 4.79 Å². The van der Waals surface area contributed by atoms with Gasteiger partial charge in [0.2, 0.25) is 5.89 Å². The molecule has 0 spiro atoms. The molecule has 1 heterocycles. The molecule has 0 saturated heterocycles. The lowest BCUT2D eigenvalue weighted by molar-refractivity contribution is 0.0602. The van der Waals surface area contributed by atoms with Crippen molar-refractivity contribution in [2.45, 2.75) is 0 Å². The molecular weight excluding hydrogens is 322 g/mol. The highest BCUT2D eigenvalue weighted by atomic mass is 16.5. The molecule has 0 aliphatic heterocycles. The zero-order chi connectivity index (χ0) is 17.8. The predicted octanol–water partition coefficient (Wildman–Crippen LogP) is 3.80. The van der Waals surface area contributed by atoms with Crippen molar-refractivity contribution in [1.82, 2.24) is 4.98 Å². The van der Waals surface area contributed by atoms with E-state index in [-0.39, 0.29) is 0 Å². The van der Waals surface area contributed by atoms with Crippen LogP contribution < -0.4 is 9.47 Å². The zero-order valence-electron chi connectivity index (χ0n) is 14.1. The van der Waals surface area contributed by atoms with Crippen molar-refractivity contribution in [3.63, 3.8) is 0 Å². The molecule has 0 unspecified atom stereocenters. The Balaban J connectivity index is 1.93. The highest BCUT2D eigenvalue weighted by Crippen LogP contribution is 2.28. The van der Waals surface area contributed by atoms with E-state index in [2.05, 4.69) is 4.98 Å². The fraction of sp³-hybridized carbons (Fsp3) is 0.158. The monoisotopic (exact) mass is 339 g/mol. The van der Waals surface area contributed by atoms with Crippen molar-refractivity contribution in [2.24, 2.45) is 0 Å². The standard InChI is InChI=1S/C19H17NO5/c1-22-14-9-7-12(11-16(14)23-2)8-10-17-20-18-13(19(21)24-3)5-4-6-15(18)25-17/h4-11H,1-3H3/b10-8+. The number of fused-ring (bicyclic) bond motifs is 1. The van der Waals surface area contributed by atoms with Gasteiger partial charge in [0.05, 0.1) is 26.9 Å². The average Bonchev–Trinajstić information content (AvgIpc) is 3.08. The van der Waals surface area contributed by atoms with Crippen LogP contribution in [0.1, 0.15) is 21.8 Å². The number of carbonyl (C=O) groups is 1. The van der Waals surface area contributed by atoms with Crippen molar-refractivity contribution >= 4 is 29.2 Å². The molecule has 0 radical (unpaired) electrons. The summed E-state index contributed by atoms with van der Waals surface area (Å²) in [5, 5.41) is 0. The topological polar surface area (TPSA) is 70.8 Å². The van der Waals surface area contributed by atoms with Crippen molar-refractivity contribution in [3.8, 4) is 11.5 Å². The lowest BCUT2D eigenvalue weighted by atomic mass is 10.2. The Morgan fingerprint density at radius 3 is 2.56 bits per heavy atom. The van der Waals surface area contributed by atoms with Gasteiger partial charge in [0.15, 0.2) is 17.1 Å². The van der Waals surface area contributed by atoms with Crippen molar-refractivity contribution in [1.29, 1.82) is 0 Å². The molecule has 0 atom stereocenters. The number of hydrogen-bond acceptors (Lipinski definition) is 6. The summed E-state index contributed by atoms with van der Waals surface area (Å²) in [5.41, 5.74) is 2.26. The summed E-state index contributed by atoms with van der Waals surface area (Å²) in [6.45, 7) is 0. The summed E-state index contributed by atoms with van der Waals surface area (Å²) in [7, 11) is 4.50. The van der Waals surface area contributed by atoms with Gasteiger partial charge < -0.3 is 18.6 Å². The van der Waals surface area contributed by atoms with Crippen molar-refractivity contribution in [2.75, 3.05) is 21.3 Å². The van der Waals surface area contributed by atoms with Gasteiger partial charge in [-0.3, -0.25) is 0 Å². The number of aromatic nitrogens is 1. The third-order valence-electron chi connectivity index (χ3n) is 3.67. The van der Waals surface area contributed by atoms with Crippen LogP contribution in [0.15, 0.2) is 40.8 Å². The van der Waals surface area contributed by atoms with Crippen LogP contribution in [-0.4, -0.2) is 32.3 Å². The third-order valence-corrected chi connectivity index (χ3v) is 3.67. The molecule has 0 bridgehead atoms. The first-order valence-corrected chi connectivity index (χ1v) is 7.54. The van der Waals surface area contributed by atoms with Gasteiger partial charge in [-0.15, -0.1) is 0 Å². The molecule has 3 rings (SSSR count). The zero-order valence-corrected chi connectivity index (χ0v) is 14.1. The van der Waals surface area contributed by atoms with Crippen LogP contribution in [0.25, 0.3) is 23.3 Å². The van der Waals surface area contributed by atoms with Gasteiger partial charge >= 0.3 is 5.97 Å². The van der Waals surface area contributed by atoms with E-state index < -0.39 is 5.97 Å². The number of ether oxygens (including phenoxy) is 3. The summed E-state index contributed by atoms with van der Waals surface area (Å²) in [5.74, 6) is 1.23. The number of methoxy groups -OCH3 is 3. The molecular formula is C19H17NO5. The molecule has 0 N–H and O–H groups in total. The first kappa shape index (κ1) is 16.6. The van der Waals surface area contributed by atoms with Crippen LogP contribution in [0.2, 0.25) is 0 Å². The second-order valence-corrected chi connectivity index (χ2v) is 5.14. The fourth-order valence-corrected chi connectivity index (χ4v) is 2.44. The van der Waals surface area contributed by atoms with Gasteiger partial charge in [0.25, 0.3) is 0 Å². The van der Waals surface area contributed by atoms with Gasteiger partial charge in [-0.1, -0.05) is 12.1 Å². The summed E-state index contributed by atoms with van der Waals surface area (Å²) in [6.07, 6.45) is 3.56. The molecule has 0 fully saturated rings. The molecule has 2 aromatic carbocycles. The Hall–Kier alpha value is -3.28. The molecule has 1 aromatic heterocycles. The number of rotatable bonds is 5. The second kappa shape index (κ2) is 7.09. The molecule has 0 aliphatic rings. The van der Waals surface area contributed by atoms with Gasteiger partial charge in [-0.25, -0.2) is 9.78 Å². The number of hydrogen-bond donors (Lipinski definition) is 0. The highest BCUT2D eigenvalue weighted by molar-refractivity contribution is 6.01. The van der Waals surface area contributed by atoms with Crippen LogP contribution in [0.4, 0.5) is 0 Å². The van der Waals surface area contributed by atoms with Gasteiger partial charge in [-0.2, -0.15) is 0 Å². The largest absolute Gasteiger partial charge is 0.493 e. The summed E-state index contributed by atoms with van der Waals surface area (Å²) in [4.78, 5) is 16.2. The normalized spacial score (nSPS) is 11.0. The van der Waals surface area contributed by atoms with E-state index in [0.29, 0.717) is 34.1 Å². The minimum Gasteiger partial charge on any atom is -0.493 e. The SMILES string of the molecule is COC(=O)c1cccc2oc(/C=C/c3ccc(OC)c(OC)c3)nc12. The lowest BCUT2D eigenvalue weighted by Gasteiger charge is -2.07. The molecule has 0 saturated carbocycles. The third kappa shape index (κ3) is 3.33. The number of para-hydroxylation sites is 1. The summed E-state index contributed by atoms with van der Waals surface area (Å²) in [6, 6.07) is 10.7. The average molecular weight is 339 g/mol. The Kier molecular flexibility index (Phi) is 4.70. The number of nitrogens with zero attached hydrogens (tertiary/aromatic N) is 1. The summed E-state index contributed by atoms with van der Waals surface area (Å²) >= 11 is 0. The van der Waals surface area contributed by atoms with Crippen LogP contribution in [0, 0.1) is 0 Å².